The Hall–Kier alpha value is -0.430. The first-order valence-corrected chi connectivity index (χ1v) is 7.34. The van der Waals surface area contributed by atoms with Gasteiger partial charge in [0, 0.05) is 10.4 Å². The summed E-state index contributed by atoms with van der Waals surface area (Å²) < 4.78 is 26.8. The van der Waals surface area contributed by atoms with E-state index in [-0.39, 0.29) is 10.8 Å². The Balaban J connectivity index is 2.94. The molecule has 1 aromatic rings. The van der Waals surface area contributed by atoms with Crippen LogP contribution in [0.15, 0.2) is 16.3 Å². The molecule has 0 amide bonds. The smallest absolute Gasteiger partial charge is 0.250 e. The van der Waals surface area contributed by atoms with E-state index in [2.05, 4.69) is 4.72 Å². The molecule has 0 aliphatic heterocycles. The number of sulfonamides is 1. The molecule has 0 atom stereocenters. The van der Waals surface area contributed by atoms with Gasteiger partial charge in [0.05, 0.1) is 6.61 Å². The van der Waals surface area contributed by atoms with Gasteiger partial charge in [0.15, 0.2) is 0 Å². The van der Waals surface area contributed by atoms with Crippen molar-refractivity contribution in [2.45, 2.75) is 43.5 Å². The van der Waals surface area contributed by atoms with Crippen LogP contribution >= 0.6 is 11.3 Å². The fourth-order valence-corrected chi connectivity index (χ4v) is 3.77. The minimum Gasteiger partial charge on any atom is -0.391 e. The predicted octanol–water partition coefficient (Wildman–Crippen LogP) is 1.71. The molecule has 1 aromatic heterocycles. The monoisotopic (exact) mass is 263 g/mol. The Labute approximate surface area is 100 Å². The molecule has 1 heterocycles. The first kappa shape index (κ1) is 13.6. The Morgan fingerprint density at radius 3 is 2.50 bits per heavy atom. The molecule has 0 bridgehead atoms. The second-order valence-corrected chi connectivity index (χ2v) is 7.30. The number of thiophene rings is 1. The van der Waals surface area contributed by atoms with Gasteiger partial charge in [0.1, 0.15) is 4.21 Å². The van der Waals surface area contributed by atoms with Gasteiger partial charge >= 0.3 is 0 Å². The van der Waals surface area contributed by atoms with Crippen LogP contribution < -0.4 is 4.72 Å². The van der Waals surface area contributed by atoms with E-state index < -0.39 is 15.6 Å². The summed E-state index contributed by atoms with van der Waals surface area (Å²) in [4.78, 5) is 0.648. The predicted molar refractivity (Wildman–Crippen MR) is 64.9 cm³/mol. The minimum atomic E-state index is -3.46. The van der Waals surface area contributed by atoms with Crippen molar-refractivity contribution in [2.24, 2.45) is 0 Å². The lowest BCUT2D eigenvalue weighted by Gasteiger charge is -2.23. The zero-order valence-electron chi connectivity index (χ0n) is 9.65. The Morgan fingerprint density at radius 1 is 1.44 bits per heavy atom. The summed E-state index contributed by atoms with van der Waals surface area (Å²) in [5, 5.41) is 8.89. The van der Waals surface area contributed by atoms with Crippen molar-refractivity contribution in [1.29, 1.82) is 0 Å². The van der Waals surface area contributed by atoms with Crippen molar-refractivity contribution in [2.75, 3.05) is 0 Å². The number of hydrogen-bond acceptors (Lipinski definition) is 4. The fraction of sp³-hybridized carbons (Fsp3) is 0.600. The van der Waals surface area contributed by atoms with Crippen LogP contribution in [-0.4, -0.2) is 19.1 Å². The van der Waals surface area contributed by atoms with Crippen LogP contribution in [0.5, 0.6) is 0 Å². The quantitative estimate of drug-likeness (QED) is 0.850. The molecule has 0 aliphatic rings. The average molecular weight is 263 g/mol. The summed E-state index contributed by atoms with van der Waals surface area (Å²) in [6.07, 6.45) is 0.713. The van der Waals surface area contributed by atoms with Crippen LogP contribution in [0.3, 0.4) is 0 Å². The molecule has 92 valence electrons. The van der Waals surface area contributed by atoms with Crippen molar-refractivity contribution in [3.63, 3.8) is 0 Å². The van der Waals surface area contributed by atoms with E-state index in [1.54, 1.807) is 6.07 Å². The zero-order valence-corrected chi connectivity index (χ0v) is 11.3. The van der Waals surface area contributed by atoms with E-state index in [0.29, 0.717) is 11.3 Å². The van der Waals surface area contributed by atoms with Crippen LogP contribution in [0.4, 0.5) is 0 Å². The molecule has 16 heavy (non-hydrogen) atoms. The maximum atomic E-state index is 12.0. The molecule has 0 aromatic carbocycles. The molecular formula is C10H17NO3S2. The van der Waals surface area contributed by atoms with Crippen molar-refractivity contribution in [3.05, 3.63) is 17.0 Å². The zero-order chi connectivity index (χ0) is 12.4. The van der Waals surface area contributed by atoms with E-state index in [0.717, 1.165) is 11.3 Å². The first-order chi connectivity index (χ1) is 7.30. The van der Waals surface area contributed by atoms with Crippen molar-refractivity contribution in [1.82, 2.24) is 4.72 Å². The molecule has 1 rings (SSSR count). The van der Waals surface area contributed by atoms with E-state index in [4.69, 9.17) is 5.11 Å². The summed E-state index contributed by atoms with van der Waals surface area (Å²) in [6.45, 7) is 5.48. The lowest BCUT2D eigenvalue weighted by molar-refractivity contribution is 0.285. The Morgan fingerprint density at radius 2 is 2.06 bits per heavy atom. The summed E-state index contributed by atoms with van der Waals surface area (Å²) in [7, 11) is -3.46. The standard InChI is InChI=1S/C10H17NO3S2/c1-4-10(2,3)11-16(13,14)9-6-5-8(7-12)15-9/h5-6,11-12H,4,7H2,1-3H3. The van der Waals surface area contributed by atoms with Crippen molar-refractivity contribution >= 4 is 21.4 Å². The second kappa shape index (κ2) is 4.83. The number of rotatable bonds is 5. The maximum Gasteiger partial charge on any atom is 0.250 e. The van der Waals surface area contributed by atoms with E-state index in [9.17, 15) is 8.42 Å². The number of hydrogen-bond donors (Lipinski definition) is 2. The Bertz CT molecular complexity index is 448. The number of nitrogens with one attached hydrogen (secondary N) is 1. The largest absolute Gasteiger partial charge is 0.391 e. The first-order valence-electron chi connectivity index (χ1n) is 5.04. The van der Waals surface area contributed by atoms with Gasteiger partial charge in [-0.05, 0) is 32.4 Å². The molecule has 0 aliphatic carbocycles. The highest BCUT2D eigenvalue weighted by Crippen LogP contribution is 2.23. The molecule has 0 spiro atoms. The van der Waals surface area contributed by atoms with E-state index >= 15 is 0 Å². The van der Waals surface area contributed by atoms with Crippen LogP contribution in [0, 0.1) is 0 Å². The second-order valence-electron chi connectivity index (χ2n) is 4.22. The molecule has 6 heteroatoms. The van der Waals surface area contributed by atoms with Gasteiger partial charge in [-0.3, -0.25) is 0 Å². The minimum absolute atomic E-state index is 0.128. The van der Waals surface area contributed by atoms with Crippen LogP contribution in [-0.2, 0) is 16.6 Å². The molecule has 0 unspecified atom stereocenters. The molecule has 0 saturated heterocycles. The third-order valence-electron chi connectivity index (χ3n) is 2.35. The van der Waals surface area contributed by atoms with Gasteiger partial charge in [-0.15, -0.1) is 11.3 Å². The number of aliphatic hydroxyl groups is 1. The normalized spacial score (nSPS) is 13.0. The average Bonchev–Trinajstić information content (AvgIpc) is 2.65. The molecule has 0 fully saturated rings. The van der Waals surface area contributed by atoms with Gasteiger partial charge in [-0.2, -0.15) is 0 Å². The van der Waals surface area contributed by atoms with Crippen molar-refractivity contribution < 1.29 is 13.5 Å². The van der Waals surface area contributed by atoms with Crippen LogP contribution in [0.1, 0.15) is 32.1 Å². The summed E-state index contributed by atoms with van der Waals surface area (Å²) in [5.41, 5.74) is -0.456. The maximum absolute atomic E-state index is 12.0. The Kier molecular flexibility index (Phi) is 4.12. The van der Waals surface area contributed by atoms with Crippen LogP contribution in [0.25, 0.3) is 0 Å². The summed E-state index contributed by atoms with van der Waals surface area (Å²) in [5.74, 6) is 0. The molecule has 0 saturated carbocycles. The van der Waals surface area contributed by atoms with Gasteiger partial charge in [-0.1, -0.05) is 6.92 Å². The van der Waals surface area contributed by atoms with E-state index in [1.807, 2.05) is 20.8 Å². The summed E-state index contributed by atoms with van der Waals surface area (Å²) >= 11 is 1.09. The highest BCUT2D eigenvalue weighted by atomic mass is 32.2. The lowest BCUT2D eigenvalue weighted by Crippen LogP contribution is -2.42. The molecule has 0 radical (unpaired) electrons. The fourth-order valence-electron chi connectivity index (χ4n) is 1.07. The van der Waals surface area contributed by atoms with Gasteiger partial charge in [-0.25, -0.2) is 13.1 Å². The summed E-state index contributed by atoms with van der Waals surface area (Å²) in [6, 6.07) is 3.14. The van der Waals surface area contributed by atoms with Gasteiger partial charge < -0.3 is 5.11 Å². The van der Waals surface area contributed by atoms with Gasteiger partial charge in [0.2, 0.25) is 0 Å². The van der Waals surface area contributed by atoms with Crippen molar-refractivity contribution in [3.8, 4) is 0 Å². The highest BCUT2D eigenvalue weighted by Gasteiger charge is 2.25. The molecular weight excluding hydrogens is 246 g/mol. The SMILES string of the molecule is CCC(C)(C)NS(=O)(=O)c1ccc(CO)s1. The van der Waals surface area contributed by atoms with Gasteiger partial charge in [0.25, 0.3) is 10.0 Å². The highest BCUT2D eigenvalue weighted by molar-refractivity contribution is 7.91. The third kappa shape index (κ3) is 3.28. The molecule has 2 N–H and O–H groups in total. The molecule has 4 nitrogen and oxygen atoms in total. The van der Waals surface area contributed by atoms with Crippen LogP contribution in [0.2, 0.25) is 0 Å². The third-order valence-corrected chi connectivity index (χ3v) is 5.61. The number of aliphatic hydroxyl groups excluding tert-OH is 1. The van der Waals surface area contributed by atoms with E-state index in [1.165, 1.54) is 6.07 Å². The topological polar surface area (TPSA) is 66.4 Å². The lowest BCUT2D eigenvalue weighted by atomic mass is 10.0.